The molecule has 7 nitrogen and oxygen atoms in total. The SMILES string of the molecule is CC(=O)Nc1cccc(-n2cnnc2SCC(=O)c2cc(C)n(Cc3ccccc3)c2C)c1. The number of hydrogen-bond acceptors (Lipinski definition) is 5. The van der Waals surface area contributed by atoms with Crippen molar-refractivity contribution in [2.75, 3.05) is 11.1 Å². The third kappa shape index (κ3) is 5.23. The van der Waals surface area contributed by atoms with Crippen LogP contribution in [-0.4, -0.2) is 36.8 Å². The molecule has 1 N–H and O–H groups in total. The Bertz CT molecular complexity index is 1290. The summed E-state index contributed by atoms with van der Waals surface area (Å²) >= 11 is 1.34. The summed E-state index contributed by atoms with van der Waals surface area (Å²) in [7, 11) is 0. The Labute approximate surface area is 196 Å². The molecule has 0 fully saturated rings. The van der Waals surface area contributed by atoms with E-state index in [9.17, 15) is 9.59 Å². The molecule has 0 atom stereocenters. The van der Waals surface area contributed by atoms with Crippen molar-refractivity contribution in [2.24, 2.45) is 0 Å². The minimum atomic E-state index is -0.138. The highest BCUT2D eigenvalue weighted by Gasteiger charge is 2.18. The van der Waals surface area contributed by atoms with Gasteiger partial charge in [-0.25, -0.2) is 0 Å². The van der Waals surface area contributed by atoms with Crippen molar-refractivity contribution < 1.29 is 9.59 Å². The second kappa shape index (κ2) is 9.87. The molecular weight excluding hydrogens is 434 g/mol. The summed E-state index contributed by atoms with van der Waals surface area (Å²) in [6.45, 7) is 6.22. The summed E-state index contributed by atoms with van der Waals surface area (Å²) in [5.74, 6) is 0.162. The number of ketones is 1. The first-order chi connectivity index (χ1) is 15.9. The molecule has 2 heterocycles. The van der Waals surface area contributed by atoms with Gasteiger partial charge in [-0.2, -0.15) is 0 Å². The van der Waals surface area contributed by atoms with Gasteiger partial charge in [0.15, 0.2) is 10.9 Å². The quantitative estimate of drug-likeness (QED) is 0.306. The van der Waals surface area contributed by atoms with Crippen molar-refractivity contribution in [1.82, 2.24) is 19.3 Å². The van der Waals surface area contributed by atoms with Crippen LogP contribution in [0, 0.1) is 13.8 Å². The van der Waals surface area contributed by atoms with Crippen LogP contribution in [0.1, 0.15) is 34.2 Å². The summed E-state index contributed by atoms with van der Waals surface area (Å²) in [4.78, 5) is 24.4. The minimum Gasteiger partial charge on any atom is -0.344 e. The predicted molar refractivity (Wildman–Crippen MR) is 130 cm³/mol. The maximum atomic E-state index is 13.1. The van der Waals surface area contributed by atoms with E-state index < -0.39 is 0 Å². The monoisotopic (exact) mass is 459 g/mol. The number of benzene rings is 2. The lowest BCUT2D eigenvalue weighted by Gasteiger charge is -2.10. The highest BCUT2D eigenvalue weighted by atomic mass is 32.2. The minimum absolute atomic E-state index is 0.0500. The number of carbonyl (C=O) groups is 2. The predicted octanol–water partition coefficient (Wildman–Crippen LogP) is 4.67. The average Bonchev–Trinajstić information content (AvgIpc) is 3.38. The fraction of sp³-hybridized carbons (Fsp3) is 0.200. The van der Waals surface area contributed by atoms with Gasteiger partial charge in [-0.05, 0) is 43.7 Å². The molecule has 1 amide bonds. The fourth-order valence-electron chi connectivity index (χ4n) is 3.74. The summed E-state index contributed by atoms with van der Waals surface area (Å²) in [5, 5.41) is 11.6. The molecule has 4 aromatic rings. The summed E-state index contributed by atoms with van der Waals surface area (Å²) in [6, 6.07) is 19.6. The molecule has 0 saturated heterocycles. The van der Waals surface area contributed by atoms with Gasteiger partial charge in [-0.3, -0.25) is 14.2 Å². The molecule has 0 aliphatic rings. The van der Waals surface area contributed by atoms with Gasteiger partial charge in [0.1, 0.15) is 6.33 Å². The number of nitrogens with one attached hydrogen (secondary N) is 1. The van der Waals surface area contributed by atoms with E-state index in [1.165, 1.54) is 24.2 Å². The Morgan fingerprint density at radius 2 is 1.82 bits per heavy atom. The normalized spacial score (nSPS) is 10.9. The zero-order chi connectivity index (χ0) is 23.4. The van der Waals surface area contributed by atoms with E-state index in [1.54, 1.807) is 6.33 Å². The van der Waals surface area contributed by atoms with Crippen molar-refractivity contribution in [3.8, 4) is 5.69 Å². The van der Waals surface area contributed by atoms with Crippen LogP contribution in [0.5, 0.6) is 0 Å². The fourth-order valence-corrected chi connectivity index (χ4v) is 4.55. The average molecular weight is 460 g/mol. The van der Waals surface area contributed by atoms with E-state index in [1.807, 2.05) is 66.9 Å². The maximum absolute atomic E-state index is 13.1. The molecule has 168 valence electrons. The molecule has 0 aliphatic heterocycles. The summed E-state index contributed by atoms with van der Waals surface area (Å²) < 4.78 is 3.98. The maximum Gasteiger partial charge on any atom is 0.221 e. The number of carbonyl (C=O) groups excluding carboxylic acids is 2. The van der Waals surface area contributed by atoms with Crippen LogP contribution in [0.3, 0.4) is 0 Å². The van der Waals surface area contributed by atoms with Gasteiger partial charge < -0.3 is 9.88 Å². The molecule has 8 heteroatoms. The molecular formula is C25H25N5O2S. The smallest absolute Gasteiger partial charge is 0.221 e. The zero-order valence-corrected chi connectivity index (χ0v) is 19.6. The van der Waals surface area contributed by atoms with Crippen molar-refractivity contribution in [3.63, 3.8) is 0 Å². The largest absolute Gasteiger partial charge is 0.344 e. The van der Waals surface area contributed by atoms with Crippen LogP contribution < -0.4 is 5.32 Å². The third-order valence-corrected chi connectivity index (χ3v) is 6.29. The molecule has 0 unspecified atom stereocenters. The van der Waals surface area contributed by atoms with Crippen LogP contribution in [-0.2, 0) is 11.3 Å². The van der Waals surface area contributed by atoms with Crippen molar-refractivity contribution >= 4 is 29.1 Å². The highest BCUT2D eigenvalue weighted by Crippen LogP contribution is 2.24. The van der Waals surface area contributed by atoms with E-state index in [0.717, 1.165) is 29.2 Å². The van der Waals surface area contributed by atoms with Gasteiger partial charge in [-0.1, -0.05) is 48.2 Å². The van der Waals surface area contributed by atoms with Gasteiger partial charge in [0, 0.05) is 36.1 Å². The second-order valence-electron chi connectivity index (χ2n) is 7.78. The lowest BCUT2D eigenvalue weighted by atomic mass is 10.2. The lowest BCUT2D eigenvalue weighted by molar-refractivity contribution is -0.114. The van der Waals surface area contributed by atoms with Crippen molar-refractivity contribution in [3.05, 3.63) is 89.5 Å². The third-order valence-electron chi connectivity index (χ3n) is 5.35. The van der Waals surface area contributed by atoms with Crippen molar-refractivity contribution in [1.29, 1.82) is 0 Å². The van der Waals surface area contributed by atoms with Crippen LogP contribution in [0.4, 0.5) is 5.69 Å². The Kier molecular flexibility index (Phi) is 6.74. The highest BCUT2D eigenvalue weighted by molar-refractivity contribution is 7.99. The summed E-state index contributed by atoms with van der Waals surface area (Å²) in [5.41, 5.74) is 5.44. The Hall–Kier alpha value is -3.65. The van der Waals surface area contributed by atoms with Crippen LogP contribution in [0.25, 0.3) is 5.69 Å². The number of hydrogen-bond donors (Lipinski definition) is 1. The Morgan fingerprint density at radius 3 is 2.58 bits per heavy atom. The van der Waals surface area contributed by atoms with E-state index in [0.29, 0.717) is 10.8 Å². The van der Waals surface area contributed by atoms with Gasteiger partial charge in [0.05, 0.1) is 11.4 Å². The second-order valence-corrected chi connectivity index (χ2v) is 8.73. The van der Waals surface area contributed by atoms with Crippen molar-refractivity contribution in [2.45, 2.75) is 32.5 Å². The van der Waals surface area contributed by atoms with E-state index in [-0.39, 0.29) is 17.4 Å². The molecule has 0 bridgehead atoms. The van der Waals surface area contributed by atoms with Gasteiger partial charge in [-0.15, -0.1) is 10.2 Å². The number of nitrogens with zero attached hydrogens (tertiary/aromatic N) is 4. The van der Waals surface area contributed by atoms with E-state index >= 15 is 0 Å². The Balaban J connectivity index is 1.48. The van der Waals surface area contributed by atoms with Gasteiger partial charge in [0.2, 0.25) is 5.91 Å². The molecule has 0 radical (unpaired) electrons. The number of aryl methyl sites for hydroxylation is 1. The van der Waals surface area contributed by atoms with E-state index in [4.69, 9.17) is 0 Å². The number of aromatic nitrogens is 4. The topological polar surface area (TPSA) is 81.8 Å². The van der Waals surface area contributed by atoms with Crippen LogP contribution in [0.2, 0.25) is 0 Å². The van der Waals surface area contributed by atoms with Crippen LogP contribution >= 0.6 is 11.8 Å². The first-order valence-electron chi connectivity index (χ1n) is 10.6. The standard InChI is InChI=1S/C25H25N5O2S/c1-17-12-23(18(2)29(17)14-20-8-5-4-6-9-20)24(32)15-33-25-28-26-16-30(25)22-11-7-10-21(13-22)27-19(3)31/h4-13,16H,14-15H2,1-3H3,(H,27,31). The number of Topliss-reactive ketones (excluding diaryl/α,β-unsaturated/α-hetero) is 1. The molecule has 0 spiro atoms. The van der Waals surface area contributed by atoms with Crippen LogP contribution in [0.15, 0.2) is 72.1 Å². The molecule has 4 rings (SSSR count). The molecule has 2 aromatic heterocycles. The number of thioether (sulfide) groups is 1. The zero-order valence-electron chi connectivity index (χ0n) is 18.8. The van der Waals surface area contributed by atoms with E-state index in [2.05, 4.69) is 32.2 Å². The first kappa shape index (κ1) is 22.5. The number of anilines is 1. The van der Waals surface area contributed by atoms with Gasteiger partial charge >= 0.3 is 0 Å². The molecule has 0 aliphatic carbocycles. The number of rotatable bonds is 8. The van der Waals surface area contributed by atoms with Gasteiger partial charge in [0.25, 0.3) is 0 Å². The Morgan fingerprint density at radius 1 is 1.03 bits per heavy atom. The summed E-state index contributed by atoms with van der Waals surface area (Å²) in [6.07, 6.45) is 1.60. The first-order valence-corrected chi connectivity index (χ1v) is 11.6. The molecule has 2 aromatic carbocycles. The lowest BCUT2D eigenvalue weighted by Crippen LogP contribution is -2.08. The molecule has 33 heavy (non-hydrogen) atoms. The molecule has 0 saturated carbocycles. The number of amides is 1.